The molecule has 2 N–H and O–H groups in total. The summed E-state index contributed by atoms with van der Waals surface area (Å²) in [5.74, 6) is -0.989. The van der Waals surface area contributed by atoms with Crippen LogP contribution in [0.5, 0.6) is 0 Å². The standard InChI is InChI=1S/C10H10N4O2/c15-10(16)9-6-13-14(7-9)12-5-8-1-3-11-4-2-8/h1-4,6-7,12H,5H2,(H,15,16). The van der Waals surface area contributed by atoms with Gasteiger partial charge in [0.2, 0.25) is 0 Å². The summed E-state index contributed by atoms with van der Waals surface area (Å²) >= 11 is 0. The van der Waals surface area contributed by atoms with Crippen molar-refractivity contribution in [1.82, 2.24) is 14.9 Å². The van der Waals surface area contributed by atoms with Crippen LogP contribution in [0.1, 0.15) is 15.9 Å². The lowest BCUT2D eigenvalue weighted by molar-refractivity contribution is 0.0697. The van der Waals surface area contributed by atoms with E-state index in [4.69, 9.17) is 5.11 Å². The van der Waals surface area contributed by atoms with Crippen LogP contribution in [0.25, 0.3) is 0 Å². The first-order chi connectivity index (χ1) is 7.75. The second-order valence-electron chi connectivity index (χ2n) is 3.17. The highest BCUT2D eigenvalue weighted by molar-refractivity contribution is 5.86. The van der Waals surface area contributed by atoms with Gasteiger partial charge in [-0.2, -0.15) is 9.89 Å². The largest absolute Gasteiger partial charge is 0.478 e. The molecule has 0 fully saturated rings. The summed E-state index contributed by atoms with van der Waals surface area (Å²) in [6, 6.07) is 3.74. The molecule has 0 bridgehead atoms. The van der Waals surface area contributed by atoms with E-state index in [1.165, 1.54) is 17.2 Å². The van der Waals surface area contributed by atoms with Gasteiger partial charge in [0.15, 0.2) is 0 Å². The van der Waals surface area contributed by atoms with Gasteiger partial charge >= 0.3 is 5.97 Å². The molecule has 0 aliphatic carbocycles. The molecular formula is C10H10N4O2. The molecule has 82 valence electrons. The quantitative estimate of drug-likeness (QED) is 0.790. The van der Waals surface area contributed by atoms with Crippen LogP contribution < -0.4 is 5.43 Å². The number of aromatic carboxylic acids is 1. The number of hydrogen-bond donors (Lipinski definition) is 2. The fourth-order valence-electron chi connectivity index (χ4n) is 1.19. The average molecular weight is 218 g/mol. The van der Waals surface area contributed by atoms with E-state index in [0.29, 0.717) is 6.54 Å². The lowest BCUT2D eigenvalue weighted by Gasteiger charge is -2.04. The highest BCUT2D eigenvalue weighted by Gasteiger charge is 2.04. The van der Waals surface area contributed by atoms with E-state index >= 15 is 0 Å². The molecule has 6 nitrogen and oxygen atoms in total. The van der Waals surface area contributed by atoms with Gasteiger partial charge in [-0.25, -0.2) is 4.79 Å². The molecule has 0 amide bonds. The first-order valence-corrected chi connectivity index (χ1v) is 4.66. The van der Waals surface area contributed by atoms with Gasteiger partial charge in [0.25, 0.3) is 0 Å². The summed E-state index contributed by atoms with van der Waals surface area (Å²) in [7, 11) is 0. The summed E-state index contributed by atoms with van der Waals surface area (Å²) in [4.78, 5) is 15.9. The number of carboxylic acid groups (broad SMARTS) is 1. The Hall–Kier alpha value is -2.37. The predicted molar refractivity (Wildman–Crippen MR) is 56.5 cm³/mol. The fourth-order valence-corrected chi connectivity index (χ4v) is 1.19. The predicted octanol–water partition coefficient (Wildman–Crippen LogP) is 0.720. The Kier molecular flexibility index (Phi) is 2.81. The molecule has 0 spiro atoms. The van der Waals surface area contributed by atoms with E-state index in [9.17, 15) is 4.79 Å². The van der Waals surface area contributed by atoms with E-state index in [2.05, 4.69) is 15.5 Å². The Morgan fingerprint density at radius 3 is 2.81 bits per heavy atom. The third-order valence-corrected chi connectivity index (χ3v) is 2.02. The Balaban J connectivity index is 1.97. The average Bonchev–Trinajstić information content (AvgIpc) is 2.76. The number of hydrogen-bond acceptors (Lipinski definition) is 4. The van der Waals surface area contributed by atoms with Crippen LogP contribution in [-0.4, -0.2) is 25.9 Å². The molecule has 0 aliphatic rings. The molecule has 16 heavy (non-hydrogen) atoms. The van der Waals surface area contributed by atoms with Crippen LogP contribution in [0.2, 0.25) is 0 Å². The topological polar surface area (TPSA) is 80.0 Å². The van der Waals surface area contributed by atoms with Crippen LogP contribution in [0.3, 0.4) is 0 Å². The van der Waals surface area contributed by atoms with Gasteiger partial charge < -0.3 is 10.5 Å². The van der Waals surface area contributed by atoms with E-state index in [-0.39, 0.29) is 5.56 Å². The van der Waals surface area contributed by atoms with Gasteiger partial charge in [-0.15, -0.1) is 0 Å². The van der Waals surface area contributed by atoms with Crippen molar-refractivity contribution in [2.45, 2.75) is 6.54 Å². The van der Waals surface area contributed by atoms with Crippen molar-refractivity contribution in [1.29, 1.82) is 0 Å². The molecule has 2 rings (SSSR count). The summed E-state index contributed by atoms with van der Waals surface area (Å²) < 4.78 is 0. The van der Waals surface area contributed by atoms with E-state index in [0.717, 1.165) is 5.56 Å². The van der Waals surface area contributed by atoms with Gasteiger partial charge in [-0.05, 0) is 17.7 Å². The Bertz CT molecular complexity index is 481. The normalized spacial score (nSPS) is 10.0. The number of carboxylic acids is 1. The van der Waals surface area contributed by atoms with Crippen molar-refractivity contribution in [2.75, 3.05) is 5.43 Å². The van der Waals surface area contributed by atoms with Crippen molar-refractivity contribution in [3.63, 3.8) is 0 Å². The van der Waals surface area contributed by atoms with E-state index < -0.39 is 5.97 Å². The number of nitrogens with zero attached hydrogens (tertiary/aromatic N) is 3. The lowest BCUT2D eigenvalue weighted by Crippen LogP contribution is -2.14. The van der Waals surface area contributed by atoms with Crippen LogP contribution in [0.4, 0.5) is 0 Å². The van der Waals surface area contributed by atoms with Gasteiger partial charge in [-0.3, -0.25) is 4.98 Å². The Labute approximate surface area is 91.5 Å². The summed E-state index contributed by atoms with van der Waals surface area (Å²) in [5, 5.41) is 12.6. The van der Waals surface area contributed by atoms with Crippen LogP contribution in [-0.2, 0) is 6.54 Å². The molecule has 0 radical (unpaired) electrons. The van der Waals surface area contributed by atoms with E-state index in [1.807, 2.05) is 12.1 Å². The minimum absolute atomic E-state index is 0.155. The summed E-state index contributed by atoms with van der Waals surface area (Å²) in [6.45, 7) is 0.559. The second kappa shape index (κ2) is 4.43. The Morgan fingerprint density at radius 1 is 1.44 bits per heavy atom. The maximum atomic E-state index is 10.6. The molecule has 2 aromatic rings. The zero-order valence-electron chi connectivity index (χ0n) is 8.37. The minimum Gasteiger partial charge on any atom is -0.478 e. The Morgan fingerprint density at radius 2 is 2.19 bits per heavy atom. The number of aromatic nitrogens is 3. The molecule has 0 saturated carbocycles. The number of nitrogens with one attached hydrogen (secondary N) is 1. The highest BCUT2D eigenvalue weighted by Crippen LogP contribution is 1.98. The summed E-state index contributed by atoms with van der Waals surface area (Å²) in [6.07, 6.45) is 6.11. The van der Waals surface area contributed by atoms with Crippen molar-refractivity contribution in [3.05, 3.63) is 48.0 Å². The van der Waals surface area contributed by atoms with Crippen molar-refractivity contribution >= 4 is 5.97 Å². The zero-order chi connectivity index (χ0) is 11.4. The summed E-state index contributed by atoms with van der Waals surface area (Å²) in [5.41, 5.74) is 4.15. The van der Waals surface area contributed by atoms with Crippen LogP contribution >= 0.6 is 0 Å². The first-order valence-electron chi connectivity index (χ1n) is 4.66. The maximum Gasteiger partial charge on any atom is 0.338 e. The molecule has 2 heterocycles. The smallest absolute Gasteiger partial charge is 0.338 e. The van der Waals surface area contributed by atoms with E-state index in [1.54, 1.807) is 12.4 Å². The van der Waals surface area contributed by atoms with Crippen LogP contribution in [0, 0.1) is 0 Å². The SMILES string of the molecule is O=C(O)c1cnn(NCc2ccncc2)c1. The maximum absolute atomic E-state index is 10.6. The van der Waals surface area contributed by atoms with Crippen molar-refractivity contribution < 1.29 is 9.90 Å². The highest BCUT2D eigenvalue weighted by atomic mass is 16.4. The molecule has 0 saturated heterocycles. The van der Waals surface area contributed by atoms with Gasteiger partial charge in [0, 0.05) is 12.4 Å². The minimum atomic E-state index is -0.989. The molecule has 0 unspecified atom stereocenters. The lowest BCUT2D eigenvalue weighted by atomic mass is 10.3. The number of rotatable bonds is 4. The van der Waals surface area contributed by atoms with Crippen molar-refractivity contribution in [2.24, 2.45) is 0 Å². The third-order valence-electron chi connectivity index (χ3n) is 2.02. The molecule has 0 aromatic carbocycles. The molecular weight excluding hydrogens is 208 g/mol. The molecule has 2 aromatic heterocycles. The van der Waals surface area contributed by atoms with Gasteiger partial charge in [-0.1, -0.05) is 0 Å². The van der Waals surface area contributed by atoms with Gasteiger partial charge in [0.1, 0.15) is 0 Å². The molecule has 0 aliphatic heterocycles. The number of carbonyl (C=O) groups is 1. The molecule has 6 heteroatoms. The fraction of sp³-hybridized carbons (Fsp3) is 0.100. The van der Waals surface area contributed by atoms with Crippen LogP contribution in [0.15, 0.2) is 36.9 Å². The van der Waals surface area contributed by atoms with Crippen molar-refractivity contribution in [3.8, 4) is 0 Å². The third kappa shape index (κ3) is 2.35. The molecule has 0 atom stereocenters. The van der Waals surface area contributed by atoms with Gasteiger partial charge in [0.05, 0.1) is 24.5 Å². The first kappa shape index (κ1) is 10.2. The monoisotopic (exact) mass is 218 g/mol. The zero-order valence-corrected chi connectivity index (χ0v) is 8.37. The number of pyridine rings is 1. The second-order valence-corrected chi connectivity index (χ2v) is 3.17.